The Balaban J connectivity index is 1.85. The number of nitrogens with zero attached hydrogens (tertiary/aromatic N) is 1. The summed E-state index contributed by atoms with van der Waals surface area (Å²) < 4.78 is 1.16. The van der Waals surface area contributed by atoms with Crippen molar-refractivity contribution >= 4 is 38.3 Å². The summed E-state index contributed by atoms with van der Waals surface area (Å²) in [5.41, 5.74) is 1.03. The van der Waals surface area contributed by atoms with Gasteiger partial charge in [0.1, 0.15) is 0 Å². The lowest BCUT2D eigenvalue weighted by molar-refractivity contribution is 0.556. The molecule has 2 nitrogen and oxygen atoms in total. The number of benzene rings is 1. The van der Waals surface area contributed by atoms with Gasteiger partial charge in [0, 0.05) is 11.1 Å². The van der Waals surface area contributed by atoms with Crippen LogP contribution in [0.1, 0.15) is 26.2 Å². The minimum absolute atomic E-state index is 0.589. The monoisotopic (exact) mass is 266 g/mol. The van der Waals surface area contributed by atoms with E-state index in [1.54, 1.807) is 11.3 Å². The van der Waals surface area contributed by atoms with Crippen LogP contribution in [0.25, 0.3) is 10.2 Å². The molecule has 17 heavy (non-hydrogen) atoms. The fourth-order valence-corrected chi connectivity index (χ4v) is 3.68. The maximum Gasteiger partial charge on any atom is 0.184 e. The molecule has 2 aromatic rings. The Morgan fingerprint density at radius 1 is 1.41 bits per heavy atom. The molecular weight excluding hydrogens is 252 g/mol. The number of rotatable bonds is 2. The Hall–Kier alpha value is -0.800. The molecule has 1 fully saturated rings. The van der Waals surface area contributed by atoms with Gasteiger partial charge in [-0.2, -0.15) is 0 Å². The number of hydrogen-bond acceptors (Lipinski definition) is 3. The molecule has 1 N–H and O–H groups in total. The van der Waals surface area contributed by atoms with Crippen LogP contribution < -0.4 is 5.32 Å². The minimum Gasteiger partial charge on any atom is -0.358 e. The average Bonchev–Trinajstić information content (AvgIpc) is 2.85. The molecule has 0 amide bonds. The molecule has 1 aromatic heterocycles. The number of halogens is 1. The first-order chi connectivity index (χ1) is 8.22. The molecule has 0 saturated heterocycles. The molecule has 1 aliphatic carbocycles. The zero-order chi connectivity index (χ0) is 11.8. The zero-order valence-corrected chi connectivity index (χ0v) is 11.3. The van der Waals surface area contributed by atoms with Crippen LogP contribution in [0.3, 0.4) is 0 Å². The third-order valence-electron chi connectivity index (χ3n) is 3.52. The molecule has 1 aliphatic rings. The number of hydrogen-bond donors (Lipinski definition) is 1. The van der Waals surface area contributed by atoms with Gasteiger partial charge in [-0.1, -0.05) is 36.3 Å². The summed E-state index contributed by atoms with van der Waals surface area (Å²) in [4.78, 5) is 4.60. The molecule has 90 valence electrons. The molecule has 4 heteroatoms. The number of nitrogens with one attached hydrogen (secondary N) is 1. The second kappa shape index (κ2) is 4.46. The highest BCUT2D eigenvalue weighted by Crippen LogP contribution is 2.32. The van der Waals surface area contributed by atoms with Gasteiger partial charge in [-0.25, -0.2) is 4.98 Å². The van der Waals surface area contributed by atoms with Gasteiger partial charge < -0.3 is 5.32 Å². The van der Waals surface area contributed by atoms with Crippen molar-refractivity contribution in [2.45, 2.75) is 32.2 Å². The number of aromatic nitrogens is 1. The van der Waals surface area contributed by atoms with Crippen LogP contribution in [0.5, 0.6) is 0 Å². The molecule has 1 saturated carbocycles. The third-order valence-corrected chi connectivity index (χ3v) is 4.71. The second-order valence-electron chi connectivity index (χ2n) is 4.79. The predicted octanol–water partition coefficient (Wildman–Crippen LogP) is 4.55. The van der Waals surface area contributed by atoms with Crippen LogP contribution in [0.2, 0.25) is 5.02 Å². The molecule has 0 radical (unpaired) electrons. The maximum absolute atomic E-state index is 5.98. The van der Waals surface area contributed by atoms with E-state index >= 15 is 0 Å². The number of fused-ring (bicyclic) bond motifs is 1. The van der Waals surface area contributed by atoms with E-state index in [9.17, 15) is 0 Å². The summed E-state index contributed by atoms with van der Waals surface area (Å²) in [6.07, 6.45) is 3.92. The predicted molar refractivity (Wildman–Crippen MR) is 75.1 cm³/mol. The van der Waals surface area contributed by atoms with Gasteiger partial charge in [0.25, 0.3) is 0 Å². The fourth-order valence-electron chi connectivity index (χ4n) is 2.48. The van der Waals surface area contributed by atoms with Crippen LogP contribution in [0.4, 0.5) is 5.13 Å². The molecule has 2 unspecified atom stereocenters. The Labute approximate surface area is 110 Å². The van der Waals surface area contributed by atoms with E-state index in [0.717, 1.165) is 26.3 Å². The normalized spacial score (nSPS) is 24.4. The van der Waals surface area contributed by atoms with Crippen LogP contribution in [0, 0.1) is 5.92 Å². The van der Waals surface area contributed by atoms with Gasteiger partial charge in [0.15, 0.2) is 5.13 Å². The Kier molecular flexibility index (Phi) is 2.97. The first kappa shape index (κ1) is 11.3. The van der Waals surface area contributed by atoms with E-state index in [2.05, 4.69) is 17.2 Å². The van der Waals surface area contributed by atoms with Gasteiger partial charge >= 0.3 is 0 Å². The van der Waals surface area contributed by atoms with Crippen LogP contribution in [-0.2, 0) is 0 Å². The van der Waals surface area contributed by atoms with Crippen molar-refractivity contribution in [2.24, 2.45) is 5.92 Å². The smallest absolute Gasteiger partial charge is 0.184 e. The Morgan fingerprint density at radius 3 is 3.06 bits per heavy atom. The van der Waals surface area contributed by atoms with Gasteiger partial charge in [-0.15, -0.1) is 0 Å². The zero-order valence-electron chi connectivity index (χ0n) is 9.74. The molecule has 0 aliphatic heterocycles. The number of anilines is 1. The Morgan fingerprint density at radius 2 is 2.29 bits per heavy atom. The summed E-state index contributed by atoms with van der Waals surface area (Å²) >= 11 is 7.67. The molecule has 1 heterocycles. The van der Waals surface area contributed by atoms with E-state index < -0.39 is 0 Å². The summed E-state index contributed by atoms with van der Waals surface area (Å²) in [5, 5.41) is 5.37. The van der Waals surface area contributed by atoms with Crippen molar-refractivity contribution in [1.29, 1.82) is 0 Å². The molecule has 3 rings (SSSR count). The van der Waals surface area contributed by atoms with Gasteiger partial charge in [-0.3, -0.25) is 0 Å². The van der Waals surface area contributed by atoms with Crippen LogP contribution >= 0.6 is 22.9 Å². The first-order valence-corrected chi connectivity index (χ1v) is 7.24. The van der Waals surface area contributed by atoms with Gasteiger partial charge in [-0.05, 0) is 37.0 Å². The average molecular weight is 267 g/mol. The van der Waals surface area contributed by atoms with Crippen molar-refractivity contribution < 1.29 is 0 Å². The minimum atomic E-state index is 0.589. The van der Waals surface area contributed by atoms with E-state index in [1.165, 1.54) is 19.3 Å². The van der Waals surface area contributed by atoms with Crippen molar-refractivity contribution in [3.63, 3.8) is 0 Å². The summed E-state index contributed by atoms with van der Waals surface area (Å²) in [6.45, 7) is 2.31. The van der Waals surface area contributed by atoms with E-state index in [0.29, 0.717) is 6.04 Å². The SMILES string of the molecule is CC1CCCC1Nc1nc2ccc(Cl)cc2s1. The molecule has 0 spiro atoms. The van der Waals surface area contributed by atoms with Crippen LogP contribution in [-0.4, -0.2) is 11.0 Å². The second-order valence-corrected chi connectivity index (χ2v) is 6.26. The highest BCUT2D eigenvalue weighted by molar-refractivity contribution is 7.22. The van der Waals surface area contributed by atoms with Gasteiger partial charge in [0.05, 0.1) is 10.2 Å². The standard InChI is InChI=1S/C13H15ClN2S/c1-8-3-2-4-10(8)15-13-16-11-6-5-9(14)7-12(11)17-13/h5-8,10H,2-4H2,1H3,(H,15,16). The van der Waals surface area contributed by atoms with E-state index in [1.807, 2.05) is 18.2 Å². The molecule has 0 bridgehead atoms. The lowest BCUT2D eigenvalue weighted by Crippen LogP contribution is -2.21. The quantitative estimate of drug-likeness (QED) is 0.863. The largest absolute Gasteiger partial charge is 0.358 e. The van der Waals surface area contributed by atoms with Crippen molar-refractivity contribution in [1.82, 2.24) is 4.98 Å². The maximum atomic E-state index is 5.98. The first-order valence-electron chi connectivity index (χ1n) is 6.05. The highest BCUT2D eigenvalue weighted by Gasteiger charge is 2.23. The number of thiazole rings is 1. The van der Waals surface area contributed by atoms with Crippen molar-refractivity contribution in [3.05, 3.63) is 23.2 Å². The summed E-state index contributed by atoms with van der Waals surface area (Å²) in [7, 11) is 0. The van der Waals surface area contributed by atoms with Crippen molar-refractivity contribution in [3.8, 4) is 0 Å². The highest BCUT2D eigenvalue weighted by atomic mass is 35.5. The topological polar surface area (TPSA) is 24.9 Å². The van der Waals surface area contributed by atoms with Crippen molar-refractivity contribution in [2.75, 3.05) is 5.32 Å². The van der Waals surface area contributed by atoms with Gasteiger partial charge in [0.2, 0.25) is 0 Å². The summed E-state index contributed by atoms with van der Waals surface area (Å²) in [5.74, 6) is 0.755. The van der Waals surface area contributed by atoms with E-state index in [-0.39, 0.29) is 0 Å². The molecule has 2 atom stereocenters. The Bertz CT molecular complexity index is 537. The third kappa shape index (κ3) is 2.26. The lowest BCUT2D eigenvalue weighted by atomic mass is 10.1. The lowest BCUT2D eigenvalue weighted by Gasteiger charge is -2.15. The molecular formula is C13H15ClN2S. The van der Waals surface area contributed by atoms with Crippen LogP contribution in [0.15, 0.2) is 18.2 Å². The fraction of sp³-hybridized carbons (Fsp3) is 0.462. The van der Waals surface area contributed by atoms with E-state index in [4.69, 9.17) is 11.6 Å². The molecule has 1 aromatic carbocycles. The summed E-state index contributed by atoms with van der Waals surface area (Å²) in [6, 6.07) is 6.45.